The van der Waals surface area contributed by atoms with Crippen LogP contribution < -0.4 is 14.2 Å². The molecule has 0 N–H and O–H groups in total. The van der Waals surface area contributed by atoms with E-state index in [0.717, 1.165) is 30.9 Å². The van der Waals surface area contributed by atoms with Gasteiger partial charge in [-0.25, -0.2) is 0 Å². The van der Waals surface area contributed by atoms with Crippen molar-refractivity contribution in [3.63, 3.8) is 0 Å². The average molecular weight is 2450 g/mol. The van der Waals surface area contributed by atoms with Gasteiger partial charge in [0.2, 0.25) is 0 Å². The van der Waals surface area contributed by atoms with E-state index < -0.39 is 47.2 Å². The van der Waals surface area contributed by atoms with Gasteiger partial charge >= 0.3 is 47.2 Å². The highest BCUT2D eigenvalue weighted by Gasteiger charge is 2.55. The summed E-state index contributed by atoms with van der Waals surface area (Å²) < 4.78 is 230. The van der Waals surface area contributed by atoms with E-state index in [1.54, 1.807) is 36.4 Å². The predicted octanol–water partition coefficient (Wildman–Crippen LogP) is 20.1. The van der Waals surface area contributed by atoms with E-state index in [0.29, 0.717) is 271 Å². The first kappa shape index (κ1) is 87.2. The van der Waals surface area contributed by atoms with Gasteiger partial charge in [-0.3, -0.25) is 0 Å². The predicted molar refractivity (Wildman–Crippen MR) is 318 cm³/mol. The van der Waals surface area contributed by atoms with Crippen molar-refractivity contribution in [1.29, 1.82) is 0 Å². The van der Waals surface area contributed by atoms with Gasteiger partial charge in [0, 0.05) is 307 Å². The van der Waals surface area contributed by atoms with Crippen molar-refractivity contribution in [2.24, 2.45) is 0 Å². The molecule has 0 saturated heterocycles. The number of aryl methyl sites for hydroxylation is 3. The second-order valence-electron chi connectivity index (χ2n) is 11.2. The SMILES string of the molecule is Cc1cc[n+]([O-])cc1.Cc1cc[n+]([O-])cc1.Cc1cc[n+]([O-])cc1.FC(F)(I)C(F)(F)I.FC(F)(I)C(F)(F)I.FC(F)(I)C(F)(F)I.FC(F)(I)C(F)(F)I.FC(F)(I)C(F)(F)I.FC(F)(I)C(F)(F)I. The number of aromatic nitrogens is 3. The van der Waals surface area contributed by atoms with Crippen LogP contribution in [0.4, 0.5) is 105 Å². The lowest BCUT2D eigenvalue weighted by Gasteiger charge is -2.13. The average Bonchev–Trinajstić information content (AvgIpc) is 3.09. The highest BCUT2D eigenvalue weighted by molar-refractivity contribution is 14.1. The number of alkyl halides is 36. The van der Waals surface area contributed by atoms with Gasteiger partial charge in [-0.05, 0) is 37.5 Å². The first-order valence-corrected chi connectivity index (χ1v) is 28.6. The molecule has 0 spiro atoms. The molecule has 0 radical (unpaired) electrons. The van der Waals surface area contributed by atoms with Gasteiger partial charge in [0.25, 0.3) is 0 Å². The molecule has 3 rings (SSSR count). The minimum Gasteiger partial charge on any atom is -0.619 e. The van der Waals surface area contributed by atoms with Gasteiger partial charge in [-0.15, -0.1) is 0 Å². The van der Waals surface area contributed by atoms with E-state index >= 15 is 0 Å². The third kappa shape index (κ3) is 50.9. The molecule has 0 aliphatic heterocycles. The Labute approximate surface area is 555 Å². The van der Waals surface area contributed by atoms with Crippen molar-refractivity contribution in [2.75, 3.05) is 0 Å². The second kappa shape index (κ2) is 36.5. The first-order valence-electron chi connectivity index (χ1n) is 15.6. The van der Waals surface area contributed by atoms with Crippen molar-refractivity contribution in [2.45, 2.75) is 67.9 Å². The van der Waals surface area contributed by atoms with Crippen LogP contribution in [0.3, 0.4) is 0 Å². The molecule has 0 aromatic carbocycles. The van der Waals surface area contributed by atoms with E-state index in [1.807, 2.05) is 20.8 Å². The molecular formula is C30H21F24I12N3O3. The summed E-state index contributed by atoms with van der Waals surface area (Å²) in [5, 5.41) is 31.0. The first-order chi connectivity index (χ1) is 30.9. The Bertz CT molecular complexity index is 1440. The van der Waals surface area contributed by atoms with E-state index in [1.165, 1.54) is 37.2 Å². The highest BCUT2D eigenvalue weighted by Crippen LogP contribution is 2.48. The third-order valence-corrected chi connectivity index (χ3v) is 19.2. The second-order valence-corrected chi connectivity index (χ2v) is 27.4. The minimum atomic E-state index is -3.94. The van der Waals surface area contributed by atoms with E-state index in [4.69, 9.17) is 0 Å². The van der Waals surface area contributed by atoms with Crippen LogP contribution in [-0.2, 0) is 0 Å². The van der Waals surface area contributed by atoms with Gasteiger partial charge < -0.3 is 15.6 Å². The molecular weight excluding hydrogens is 2430 g/mol. The Morgan fingerprint density at radius 3 is 0.347 bits per heavy atom. The molecule has 0 bridgehead atoms. The molecule has 0 saturated carbocycles. The molecule has 3 heterocycles. The number of rotatable bonds is 6. The Balaban J connectivity index is -0.000000170. The van der Waals surface area contributed by atoms with Crippen LogP contribution >= 0.6 is 271 Å². The molecule has 0 fully saturated rings. The molecule has 0 atom stereocenters. The third-order valence-electron chi connectivity index (χ3n) is 4.83. The molecule has 3 aromatic rings. The summed E-state index contributed by atoms with van der Waals surface area (Å²) in [6.45, 7) is 5.83. The summed E-state index contributed by atoms with van der Waals surface area (Å²) in [6.07, 6.45) is 8.89. The normalized spacial score (nSPS) is 12.5. The number of halogens is 36. The maximum Gasteiger partial charge on any atom is 0.367 e. The van der Waals surface area contributed by atoms with E-state index in [-0.39, 0.29) is 0 Å². The molecule has 72 heavy (non-hydrogen) atoms. The molecule has 42 heteroatoms. The van der Waals surface area contributed by atoms with Crippen molar-refractivity contribution in [1.82, 2.24) is 0 Å². The standard InChI is InChI=1S/3C6H7NO.6C2F4I2/c3*1-6-2-4-7(8)5-3-6;6*3-1(4,7)2(5,6)8/h3*2-5H,1H3;;;;;;. The summed E-state index contributed by atoms with van der Waals surface area (Å²) in [4.78, 5) is 0. The quantitative estimate of drug-likeness (QED) is 0.0811. The Morgan fingerprint density at radius 2 is 0.306 bits per heavy atom. The van der Waals surface area contributed by atoms with Crippen LogP contribution in [0, 0.1) is 36.4 Å². The van der Waals surface area contributed by atoms with Crippen molar-refractivity contribution in [3.05, 3.63) is 106 Å². The van der Waals surface area contributed by atoms with Crippen molar-refractivity contribution >= 4 is 271 Å². The Morgan fingerprint density at radius 1 is 0.236 bits per heavy atom. The fourth-order valence-electron chi connectivity index (χ4n) is 1.46. The van der Waals surface area contributed by atoms with Crippen molar-refractivity contribution in [3.8, 4) is 0 Å². The molecule has 6 nitrogen and oxygen atoms in total. The lowest BCUT2D eigenvalue weighted by molar-refractivity contribution is -0.605. The largest absolute Gasteiger partial charge is 0.619 e. The van der Waals surface area contributed by atoms with E-state index in [2.05, 4.69) is 0 Å². The maximum absolute atomic E-state index is 11.5. The fraction of sp³-hybridized carbons (Fsp3) is 0.500. The molecule has 0 amide bonds. The molecule has 0 aliphatic carbocycles. The fourth-order valence-corrected chi connectivity index (χ4v) is 1.46. The maximum atomic E-state index is 11.5. The van der Waals surface area contributed by atoms with Crippen LogP contribution in [-0.4, -0.2) is 47.2 Å². The van der Waals surface area contributed by atoms with Crippen LogP contribution in [0.25, 0.3) is 0 Å². The monoisotopic (exact) mass is 2450 g/mol. The Hall–Kier alpha value is 3.93. The van der Waals surface area contributed by atoms with Crippen LogP contribution in [0.5, 0.6) is 0 Å². The highest BCUT2D eigenvalue weighted by atomic mass is 127. The number of hydrogen-bond acceptors (Lipinski definition) is 3. The summed E-state index contributed by atoms with van der Waals surface area (Å²) in [5.41, 5.74) is 3.33. The van der Waals surface area contributed by atoms with Gasteiger partial charge in [0.1, 0.15) is 0 Å². The zero-order chi connectivity index (χ0) is 59.9. The zero-order valence-corrected chi connectivity index (χ0v) is 59.5. The lowest BCUT2D eigenvalue weighted by Crippen LogP contribution is -2.27. The summed E-state index contributed by atoms with van der Waals surface area (Å²) >= 11 is 4.71. The molecule has 0 aliphatic rings. The van der Waals surface area contributed by atoms with Crippen molar-refractivity contribution < 1.29 is 120 Å². The molecule has 0 unspecified atom stereocenters. The minimum absolute atomic E-state index is 0.393. The summed E-state index contributed by atoms with van der Waals surface area (Å²) in [7, 11) is 0. The zero-order valence-electron chi connectivity index (χ0n) is 33.6. The number of pyridine rings is 3. The lowest BCUT2D eigenvalue weighted by atomic mass is 10.3. The summed E-state index contributed by atoms with van der Waals surface area (Å²) in [5.74, 6) is 0. The molecule has 3 aromatic heterocycles. The number of nitrogens with zero attached hydrogens (tertiary/aromatic N) is 3. The smallest absolute Gasteiger partial charge is 0.367 e. The number of hydrogen-bond donors (Lipinski definition) is 0. The van der Waals surface area contributed by atoms with Crippen LogP contribution in [0.2, 0.25) is 0 Å². The van der Waals surface area contributed by atoms with Crippen LogP contribution in [0.15, 0.2) is 73.6 Å². The Kier molecular flexibility index (Phi) is 44.2. The van der Waals surface area contributed by atoms with Gasteiger partial charge in [0.15, 0.2) is 37.2 Å². The topological polar surface area (TPSA) is 80.8 Å². The van der Waals surface area contributed by atoms with Gasteiger partial charge in [-0.2, -0.15) is 120 Å². The van der Waals surface area contributed by atoms with Gasteiger partial charge in [0.05, 0.1) is 0 Å². The summed E-state index contributed by atoms with van der Waals surface area (Å²) in [6, 6.07) is 10.6. The van der Waals surface area contributed by atoms with Gasteiger partial charge in [-0.1, -0.05) is 0 Å². The van der Waals surface area contributed by atoms with E-state index in [9.17, 15) is 121 Å². The van der Waals surface area contributed by atoms with Crippen LogP contribution in [0.1, 0.15) is 16.7 Å². The molecule has 426 valence electrons.